The number of aryl methyl sites for hydroxylation is 2. The normalized spacial score (nSPS) is 14.6. The van der Waals surface area contributed by atoms with E-state index in [0.717, 1.165) is 35.0 Å². The fourth-order valence-corrected chi connectivity index (χ4v) is 2.34. The molecule has 1 aromatic heterocycles. The predicted octanol–water partition coefficient (Wildman–Crippen LogP) is 3.06. The van der Waals surface area contributed by atoms with Gasteiger partial charge in [-0.15, -0.1) is 0 Å². The number of rotatable bonds is 4. The predicted molar refractivity (Wildman–Crippen MR) is 76.1 cm³/mol. The third-order valence-corrected chi connectivity index (χ3v) is 3.54. The van der Waals surface area contributed by atoms with Gasteiger partial charge in [0.25, 0.3) is 0 Å². The molecule has 2 aromatic rings. The number of hydrogen-bond donors (Lipinski definition) is 2. The molecule has 4 heteroatoms. The smallest absolute Gasteiger partial charge is 0.130 e. The Morgan fingerprint density at radius 1 is 1.32 bits per heavy atom. The molecule has 0 spiro atoms. The van der Waals surface area contributed by atoms with Gasteiger partial charge >= 0.3 is 0 Å². The molecule has 1 saturated carbocycles. The first kappa shape index (κ1) is 12.1. The zero-order valence-corrected chi connectivity index (χ0v) is 11.4. The maximum Gasteiger partial charge on any atom is 0.130 e. The lowest BCUT2D eigenvalue weighted by molar-refractivity contribution is 0.299. The van der Waals surface area contributed by atoms with Crippen molar-refractivity contribution in [2.45, 2.75) is 26.7 Å². The summed E-state index contributed by atoms with van der Waals surface area (Å²) in [4.78, 5) is 0. The van der Waals surface area contributed by atoms with Gasteiger partial charge in [-0.2, -0.15) is 5.10 Å². The maximum absolute atomic E-state index is 6.03. The van der Waals surface area contributed by atoms with Crippen LogP contribution >= 0.6 is 0 Å². The summed E-state index contributed by atoms with van der Waals surface area (Å²) < 4.78 is 6.03. The molecule has 19 heavy (non-hydrogen) atoms. The van der Waals surface area contributed by atoms with Gasteiger partial charge in [-0.3, -0.25) is 5.10 Å². The topological polar surface area (TPSA) is 63.9 Å². The first-order valence-corrected chi connectivity index (χ1v) is 6.68. The molecule has 3 rings (SSSR count). The number of nitrogens with one attached hydrogen (secondary N) is 1. The van der Waals surface area contributed by atoms with Crippen LogP contribution in [0.4, 0.5) is 5.82 Å². The number of hydrogen-bond acceptors (Lipinski definition) is 3. The second kappa shape index (κ2) is 4.61. The van der Waals surface area contributed by atoms with E-state index in [1.54, 1.807) is 6.20 Å². The number of nitrogen functional groups attached to an aromatic ring is 1. The lowest BCUT2D eigenvalue weighted by Crippen LogP contribution is -2.03. The monoisotopic (exact) mass is 257 g/mol. The molecule has 0 amide bonds. The molecule has 100 valence electrons. The van der Waals surface area contributed by atoms with Crippen LogP contribution in [0.15, 0.2) is 18.3 Å². The number of aromatic nitrogens is 2. The van der Waals surface area contributed by atoms with Crippen LogP contribution in [0.25, 0.3) is 11.1 Å². The summed E-state index contributed by atoms with van der Waals surface area (Å²) in [6, 6.07) is 4.25. The van der Waals surface area contributed by atoms with Crippen LogP contribution in [0.5, 0.6) is 5.75 Å². The fraction of sp³-hybridized carbons (Fsp3) is 0.400. The number of nitrogens with two attached hydrogens (primary N) is 1. The van der Waals surface area contributed by atoms with Crippen LogP contribution in [0.1, 0.15) is 24.0 Å². The molecule has 1 aliphatic carbocycles. The van der Waals surface area contributed by atoms with E-state index >= 15 is 0 Å². The van der Waals surface area contributed by atoms with Crippen molar-refractivity contribution in [1.29, 1.82) is 0 Å². The molecule has 1 heterocycles. The van der Waals surface area contributed by atoms with E-state index in [-0.39, 0.29) is 0 Å². The van der Waals surface area contributed by atoms with E-state index in [1.165, 1.54) is 18.4 Å². The summed E-state index contributed by atoms with van der Waals surface area (Å²) in [5, 5.41) is 6.78. The largest absolute Gasteiger partial charge is 0.492 e. The zero-order valence-electron chi connectivity index (χ0n) is 11.4. The van der Waals surface area contributed by atoms with Crippen LogP contribution < -0.4 is 10.5 Å². The molecule has 4 nitrogen and oxygen atoms in total. The SMILES string of the molecule is Cc1cc(C)c(OCC2CC2)c(-c2cn[nH]c2N)c1. The van der Waals surface area contributed by atoms with Crippen molar-refractivity contribution in [2.24, 2.45) is 5.92 Å². The Kier molecular flexibility index (Phi) is 2.93. The Morgan fingerprint density at radius 3 is 2.74 bits per heavy atom. The second-order valence-corrected chi connectivity index (χ2v) is 5.41. The quantitative estimate of drug-likeness (QED) is 0.884. The number of ether oxygens (including phenoxy) is 1. The van der Waals surface area contributed by atoms with Crippen molar-refractivity contribution < 1.29 is 4.74 Å². The van der Waals surface area contributed by atoms with Gasteiger partial charge < -0.3 is 10.5 Å². The number of H-pyrrole nitrogens is 1. The standard InChI is InChI=1S/C15H19N3O/c1-9-5-10(2)14(19-8-11-3-4-11)12(6-9)13-7-17-18-15(13)16/h5-7,11H,3-4,8H2,1-2H3,(H3,16,17,18). The highest BCUT2D eigenvalue weighted by Crippen LogP contribution is 2.38. The number of anilines is 1. The molecular weight excluding hydrogens is 238 g/mol. The first-order valence-electron chi connectivity index (χ1n) is 6.68. The average molecular weight is 257 g/mol. The zero-order chi connectivity index (χ0) is 13.4. The van der Waals surface area contributed by atoms with Crippen molar-refractivity contribution in [1.82, 2.24) is 10.2 Å². The highest BCUT2D eigenvalue weighted by molar-refractivity contribution is 5.79. The van der Waals surface area contributed by atoms with E-state index in [4.69, 9.17) is 10.5 Å². The summed E-state index contributed by atoms with van der Waals surface area (Å²) in [5.74, 6) is 2.25. The van der Waals surface area contributed by atoms with Gasteiger partial charge in [0.2, 0.25) is 0 Å². The third kappa shape index (κ3) is 2.43. The molecule has 0 bridgehead atoms. The van der Waals surface area contributed by atoms with Crippen LogP contribution in [0.2, 0.25) is 0 Å². The number of nitrogens with zero attached hydrogens (tertiary/aromatic N) is 1. The van der Waals surface area contributed by atoms with Gasteiger partial charge in [0.05, 0.1) is 12.8 Å². The van der Waals surface area contributed by atoms with E-state index < -0.39 is 0 Å². The fourth-order valence-electron chi connectivity index (χ4n) is 2.34. The summed E-state index contributed by atoms with van der Waals surface area (Å²) in [6.45, 7) is 4.96. The van der Waals surface area contributed by atoms with Gasteiger partial charge in [0, 0.05) is 11.1 Å². The molecule has 1 aliphatic rings. The number of aromatic amines is 1. The minimum absolute atomic E-state index is 0.585. The van der Waals surface area contributed by atoms with Crippen LogP contribution in [-0.4, -0.2) is 16.8 Å². The summed E-state index contributed by atoms with van der Waals surface area (Å²) >= 11 is 0. The first-order chi connectivity index (χ1) is 9.15. The Hall–Kier alpha value is -1.97. The van der Waals surface area contributed by atoms with E-state index in [9.17, 15) is 0 Å². The van der Waals surface area contributed by atoms with Crippen LogP contribution in [-0.2, 0) is 0 Å². The molecule has 0 aliphatic heterocycles. The highest BCUT2D eigenvalue weighted by atomic mass is 16.5. The molecule has 0 saturated heterocycles. The minimum Gasteiger partial charge on any atom is -0.492 e. The van der Waals surface area contributed by atoms with E-state index in [2.05, 4.69) is 36.2 Å². The minimum atomic E-state index is 0.585. The van der Waals surface area contributed by atoms with Crippen molar-refractivity contribution >= 4 is 5.82 Å². The molecule has 0 unspecified atom stereocenters. The Balaban J connectivity index is 2.02. The third-order valence-electron chi connectivity index (χ3n) is 3.54. The van der Waals surface area contributed by atoms with E-state index in [1.807, 2.05) is 0 Å². The summed E-state index contributed by atoms with van der Waals surface area (Å²) in [6.07, 6.45) is 4.33. The second-order valence-electron chi connectivity index (χ2n) is 5.41. The molecule has 0 radical (unpaired) electrons. The molecule has 3 N–H and O–H groups in total. The summed E-state index contributed by atoms with van der Waals surface area (Å²) in [5.41, 5.74) is 10.2. The molecule has 1 fully saturated rings. The van der Waals surface area contributed by atoms with Gasteiger partial charge in [-0.05, 0) is 49.8 Å². The Morgan fingerprint density at radius 2 is 2.11 bits per heavy atom. The number of benzene rings is 1. The van der Waals surface area contributed by atoms with Gasteiger partial charge in [-0.1, -0.05) is 6.07 Å². The lowest BCUT2D eigenvalue weighted by atomic mass is 10.0. The van der Waals surface area contributed by atoms with Crippen molar-refractivity contribution in [2.75, 3.05) is 12.3 Å². The molecule has 0 atom stereocenters. The average Bonchev–Trinajstić information content (AvgIpc) is 3.08. The van der Waals surface area contributed by atoms with Gasteiger partial charge in [0.15, 0.2) is 0 Å². The van der Waals surface area contributed by atoms with Gasteiger partial charge in [-0.25, -0.2) is 0 Å². The van der Waals surface area contributed by atoms with Crippen LogP contribution in [0, 0.1) is 19.8 Å². The lowest BCUT2D eigenvalue weighted by Gasteiger charge is -2.15. The Bertz CT molecular complexity index is 599. The van der Waals surface area contributed by atoms with Crippen molar-refractivity contribution in [3.8, 4) is 16.9 Å². The van der Waals surface area contributed by atoms with Gasteiger partial charge in [0.1, 0.15) is 11.6 Å². The van der Waals surface area contributed by atoms with E-state index in [0.29, 0.717) is 5.82 Å². The molecular formula is C15H19N3O. The van der Waals surface area contributed by atoms with Crippen molar-refractivity contribution in [3.05, 3.63) is 29.5 Å². The summed E-state index contributed by atoms with van der Waals surface area (Å²) in [7, 11) is 0. The highest BCUT2D eigenvalue weighted by Gasteiger charge is 2.23. The van der Waals surface area contributed by atoms with Crippen LogP contribution in [0.3, 0.4) is 0 Å². The maximum atomic E-state index is 6.03. The Labute approximate surface area is 113 Å². The molecule has 1 aromatic carbocycles. The van der Waals surface area contributed by atoms with Crippen molar-refractivity contribution in [3.63, 3.8) is 0 Å².